The lowest BCUT2D eigenvalue weighted by Crippen LogP contribution is -2.16. The standard InChI is InChI=1S/C11H16N2O3S/c1-2-17(15,16)10-5-3-9(4-6-10)13-11(14)7-8-12/h3-6H,2,7-8,12H2,1H3,(H,13,14). The molecule has 0 unspecified atom stereocenters. The summed E-state index contributed by atoms with van der Waals surface area (Å²) in [6, 6.07) is 6.10. The van der Waals surface area contributed by atoms with Gasteiger partial charge in [-0.1, -0.05) is 6.92 Å². The molecular formula is C11H16N2O3S. The number of benzene rings is 1. The molecule has 3 N–H and O–H groups in total. The van der Waals surface area contributed by atoms with Gasteiger partial charge in [-0.3, -0.25) is 4.79 Å². The van der Waals surface area contributed by atoms with Crippen LogP contribution in [-0.4, -0.2) is 26.6 Å². The van der Waals surface area contributed by atoms with Crippen LogP contribution in [-0.2, 0) is 14.6 Å². The molecule has 6 heteroatoms. The first-order chi connectivity index (χ1) is 7.99. The molecule has 1 rings (SSSR count). The van der Waals surface area contributed by atoms with Crippen LogP contribution >= 0.6 is 0 Å². The third kappa shape index (κ3) is 3.83. The van der Waals surface area contributed by atoms with E-state index in [2.05, 4.69) is 5.32 Å². The van der Waals surface area contributed by atoms with Crippen LogP contribution < -0.4 is 11.1 Å². The Kier molecular flexibility index (Phi) is 4.65. The highest BCUT2D eigenvalue weighted by molar-refractivity contribution is 7.91. The van der Waals surface area contributed by atoms with Crippen molar-refractivity contribution in [1.82, 2.24) is 0 Å². The summed E-state index contributed by atoms with van der Waals surface area (Å²) in [4.78, 5) is 11.5. The lowest BCUT2D eigenvalue weighted by atomic mass is 10.3. The van der Waals surface area contributed by atoms with Gasteiger partial charge in [-0.05, 0) is 24.3 Å². The summed E-state index contributed by atoms with van der Waals surface area (Å²) in [5.41, 5.74) is 5.81. The van der Waals surface area contributed by atoms with Crippen molar-refractivity contribution in [3.8, 4) is 0 Å². The van der Waals surface area contributed by atoms with Crippen LogP contribution in [0.1, 0.15) is 13.3 Å². The molecule has 0 fully saturated rings. The van der Waals surface area contributed by atoms with E-state index in [-0.39, 0.29) is 29.5 Å². The maximum atomic E-state index is 11.5. The van der Waals surface area contributed by atoms with Crippen LogP contribution in [0.15, 0.2) is 29.2 Å². The van der Waals surface area contributed by atoms with Crippen LogP contribution in [0.5, 0.6) is 0 Å². The van der Waals surface area contributed by atoms with Crippen molar-refractivity contribution in [3.05, 3.63) is 24.3 Å². The van der Waals surface area contributed by atoms with E-state index in [4.69, 9.17) is 5.73 Å². The lowest BCUT2D eigenvalue weighted by molar-refractivity contribution is -0.116. The van der Waals surface area contributed by atoms with Gasteiger partial charge in [0.1, 0.15) is 0 Å². The van der Waals surface area contributed by atoms with Crippen molar-refractivity contribution in [2.45, 2.75) is 18.2 Å². The maximum absolute atomic E-state index is 11.5. The number of carbonyl (C=O) groups excluding carboxylic acids is 1. The molecule has 1 aromatic carbocycles. The summed E-state index contributed by atoms with van der Waals surface area (Å²) >= 11 is 0. The van der Waals surface area contributed by atoms with Gasteiger partial charge >= 0.3 is 0 Å². The fourth-order valence-electron chi connectivity index (χ4n) is 1.27. The largest absolute Gasteiger partial charge is 0.330 e. The van der Waals surface area contributed by atoms with Crippen molar-refractivity contribution in [1.29, 1.82) is 0 Å². The van der Waals surface area contributed by atoms with Crippen molar-refractivity contribution in [2.75, 3.05) is 17.6 Å². The van der Waals surface area contributed by atoms with Gasteiger partial charge in [-0.2, -0.15) is 0 Å². The third-order valence-corrected chi connectivity index (χ3v) is 4.00. The van der Waals surface area contributed by atoms with E-state index in [0.29, 0.717) is 5.69 Å². The first-order valence-corrected chi connectivity index (χ1v) is 6.97. The van der Waals surface area contributed by atoms with E-state index in [1.54, 1.807) is 19.1 Å². The number of amides is 1. The molecule has 0 saturated heterocycles. The molecular weight excluding hydrogens is 240 g/mol. The normalized spacial score (nSPS) is 11.2. The van der Waals surface area contributed by atoms with E-state index >= 15 is 0 Å². The Balaban J connectivity index is 2.79. The Morgan fingerprint density at radius 2 is 1.88 bits per heavy atom. The number of hydrogen-bond acceptors (Lipinski definition) is 4. The number of sulfone groups is 1. The molecule has 0 aliphatic rings. The fraction of sp³-hybridized carbons (Fsp3) is 0.364. The number of anilines is 1. The molecule has 17 heavy (non-hydrogen) atoms. The fourth-order valence-corrected chi connectivity index (χ4v) is 2.15. The number of rotatable bonds is 5. The van der Waals surface area contributed by atoms with E-state index < -0.39 is 9.84 Å². The number of nitrogens with two attached hydrogens (primary N) is 1. The van der Waals surface area contributed by atoms with Crippen molar-refractivity contribution < 1.29 is 13.2 Å². The monoisotopic (exact) mass is 256 g/mol. The molecule has 0 aliphatic heterocycles. The minimum Gasteiger partial charge on any atom is -0.330 e. The predicted octanol–water partition coefficient (Wildman–Crippen LogP) is 0.768. The molecule has 0 saturated carbocycles. The average Bonchev–Trinajstić information content (AvgIpc) is 2.30. The number of nitrogens with one attached hydrogen (secondary N) is 1. The van der Waals surface area contributed by atoms with Crippen molar-refractivity contribution in [3.63, 3.8) is 0 Å². The highest BCUT2D eigenvalue weighted by atomic mass is 32.2. The molecule has 0 aromatic heterocycles. The highest BCUT2D eigenvalue weighted by Crippen LogP contribution is 2.15. The van der Waals surface area contributed by atoms with Gasteiger partial charge in [-0.15, -0.1) is 0 Å². The van der Waals surface area contributed by atoms with Gasteiger partial charge < -0.3 is 11.1 Å². The van der Waals surface area contributed by atoms with Crippen LogP contribution in [0.4, 0.5) is 5.69 Å². The van der Waals surface area contributed by atoms with Crippen molar-refractivity contribution in [2.24, 2.45) is 5.73 Å². The Morgan fingerprint density at radius 1 is 1.29 bits per heavy atom. The smallest absolute Gasteiger partial charge is 0.225 e. The summed E-state index contributed by atoms with van der Waals surface area (Å²) in [5, 5.41) is 2.63. The second-order valence-electron chi connectivity index (χ2n) is 3.51. The van der Waals surface area contributed by atoms with Gasteiger partial charge in [-0.25, -0.2) is 8.42 Å². The van der Waals surface area contributed by atoms with Crippen LogP contribution in [0, 0.1) is 0 Å². The van der Waals surface area contributed by atoms with Gasteiger partial charge in [0.15, 0.2) is 9.84 Å². The van der Waals surface area contributed by atoms with Crippen LogP contribution in [0.2, 0.25) is 0 Å². The molecule has 0 radical (unpaired) electrons. The average molecular weight is 256 g/mol. The molecule has 94 valence electrons. The minimum absolute atomic E-state index is 0.0614. The highest BCUT2D eigenvalue weighted by Gasteiger charge is 2.11. The summed E-state index contributed by atoms with van der Waals surface area (Å²) < 4.78 is 23.1. The molecule has 0 heterocycles. The molecule has 0 aliphatic carbocycles. The zero-order chi connectivity index (χ0) is 12.9. The first kappa shape index (κ1) is 13.7. The maximum Gasteiger partial charge on any atom is 0.225 e. The molecule has 5 nitrogen and oxygen atoms in total. The summed E-state index contributed by atoms with van der Waals surface area (Å²) in [6.45, 7) is 1.88. The summed E-state index contributed by atoms with van der Waals surface area (Å²) in [5.74, 6) is -0.120. The van der Waals surface area contributed by atoms with E-state index in [9.17, 15) is 13.2 Å². The van der Waals surface area contributed by atoms with Crippen LogP contribution in [0.3, 0.4) is 0 Å². The summed E-state index contributed by atoms with van der Waals surface area (Å²) in [6.07, 6.45) is 0.245. The molecule has 0 bridgehead atoms. The topological polar surface area (TPSA) is 89.3 Å². The molecule has 1 amide bonds. The second kappa shape index (κ2) is 5.79. The predicted molar refractivity (Wildman–Crippen MR) is 66.5 cm³/mol. The number of carbonyl (C=O) groups is 1. The minimum atomic E-state index is -3.19. The van der Waals surface area contributed by atoms with Crippen molar-refractivity contribution >= 4 is 21.4 Å². The third-order valence-electron chi connectivity index (χ3n) is 2.25. The molecule has 0 spiro atoms. The second-order valence-corrected chi connectivity index (χ2v) is 5.79. The quantitative estimate of drug-likeness (QED) is 0.814. The zero-order valence-corrected chi connectivity index (χ0v) is 10.5. The Hall–Kier alpha value is -1.40. The van der Waals surface area contributed by atoms with E-state index in [0.717, 1.165) is 0 Å². The molecule has 0 atom stereocenters. The van der Waals surface area contributed by atoms with Crippen LogP contribution in [0.25, 0.3) is 0 Å². The Labute approximate surface area is 101 Å². The summed E-state index contributed by atoms with van der Waals surface area (Å²) in [7, 11) is -3.19. The van der Waals surface area contributed by atoms with Gasteiger partial charge in [0.25, 0.3) is 0 Å². The van der Waals surface area contributed by atoms with Gasteiger partial charge in [0.2, 0.25) is 5.91 Å². The Bertz CT molecular complexity index is 480. The van der Waals surface area contributed by atoms with E-state index in [1.807, 2.05) is 0 Å². The molecule has 1 aromatic rings. The van der Waals surface area contributed by atoms with Gasteiger partial charge in [0.05, 0.1) is 10.6 Å². The zero-order valence-electron chi connectivity index (χ0n) is 9.64. The van der Waals surface area contributed by atoms with E-state index in [1.165, 1.54) is 12.1 Å². The SMILES string of the molecule is CCS(=O)(=O)c1ccc(NC(=O)CCN)cc1. The number of hydrogen-bond donors (Lipinski definition) is 2. The lowest BCUT2D eigenvalue weighted by Gasteiger charge is -2.05. The first-order valence-electron chi connectivity index (χ1n) is 5.32. The Morgan fingerprint density at radius 3 is 2.35 bits per heavy atom. The van der Waals surface area contributed by atoms with Gasteiger partial charge in [0, 0.05) is 18.7 Å².